The van der Waals surface area contributed by atoms with Crippen molar-refractivity contribution in [3.63, 3.8) is 0 Å². The number of aliphatic hydroxyl groups is 2. The first-order valence-corrected chi connectivity index (χ1v) is 41.9. The van der Waals surface area contributed by atoms with E-state index in [0.29, 0.717) is 95.2 Å². The predicted octanol–water partition coefficient (Wildman–Crippen LogP) is 22.2. The summed E-state index contributed by atoms with van der Waals surface area (Å²) in [6.07, 6.45) is -19.8. The molecule has 51 heteroatoms. The Morgan fingerprint density at radius 1 is 0.500 bits per heavy atom. The van der Waals surface area contributed by atoms with Crippen LogP contribution in [0.5, 0.6) is 28.7 Å². The Balaban J connectivity index is 0.00000166. The van der Waals surface area contributed by atoms with Gasteiger partial charge < -0.3 is 56.4 Å². The largest absolute Gasteiger partial charge is 2.00 e. The zero-order chi connectivity index (χ0) is 105. The van der Waals surface area contributed by atoms with E-state index < -0.39 is 83.9 Å². The minimum absolute atomic E-state index is 0. The summed E-state index contributed by atoms with van der Waals surface area (Å²) in [5.74, 6) is -0.0384. The number of nitriles is 3. The number of nitrogens with two attached hydrogens (primary N) is 1. The van der Waals surface area contributed by atoms with Gasteiger partial charge in [0, 0.05) is 26.6 Å². The summed E-state index contributed by atoms with van der Waals surface area (Å²) in [4.78, 5) is 9.96. The predicted molar refractivity (Wildman–Crippen MR) is 483 cm³/mol. The number of phenols is 2. The van der Waals surface area contributed by atoms with E-state index in [-0.39, 0.29) is 159 Å². The number of anilines is 1. The van der Waals surface area contributed by atoms with Gasteiger partial charge in [0.05, 0.1) is 76.4 Å². The van der Waals surface area contributed by atoms with Crippen LogP contribution in [0, 0.1) is 40.1 Å². The first-order chi connectivity index (χ1) is 65.9. The zero-order valence-corrected chi connectivity index (χ0v) is 82.6. The second-order valence-corrected chi connectivity index (χ2v) is 29.3. The minimum atomic E-state index is -4.44. The van der Waals surface area contributed by atoms with E-state index in [4.69, 9.17) is 47.4 Å². The Labute approximate surface area is 870 Å². The summed E-state index contributed by atoms with van der Waals surface area (Å²) < 4.78 is 296. The number of hydrogen-bond donors (Lipinski definition) is 6. The number of nitrogen functional groups attached to an aromatic ring is 1. The van der Waals surface area contributed by atoms with E-state index in [1.165, 1.54) is 146 Å². The number of alkyl halides is 25. The number of aromatic amines is 1. The normalized spacial score (nSPS) is 10.7. The molecular formula is C93H78Br2Cl2F23N13NaO9Pd-. The Morgan fingerprint density at radius 2 is 0.833 bits per heavy atom. The first kappa shape index (κ1) is 132. The average Bonchev–Trinajstić information content (AvgIpc) is 0.899. The molecule has 0 unspecified atom stereocenters. The van der Waals surface area contributed by atoms with Crippen LogP contribution in [0.4, 0.5) is 107 Å². The van der Waals surface area contributed by atoms with Gasteiger partial charge in [-0.1, -0.05) is 137 Å². The molecule has 22 nitrogen and oxygen atoms in total. The van der Waals surface area contributed by atoms with E-state index in [1.54, 1.807) is 6.07 Å². The van der Waals surface area contributed by atoms with Crippen LogP contribution in [-0.4, -0.2) is 123 Å². The molecule has 0 saturated carbocycles. The van der Waals surface area contributed by atoms with Crippen LogP contribution in [0.15, 0.2) is 241 Å². The number of halogens is 27. The molecule has 9 N–H and O–H groups in total. The van der Waals surface area contributed by atoms with Crippen molar-refractivity contribution in [3.05, 3.63) is 347 Å². The molecule has 770 valence electrons. The number of aromatic hydroxyl groups is 2. The molecule has 0 amide bonds. The Morgan fingerprint density at radius 3 is 1.15 bits per heavy atom. The van der Waals surface area contributed by atoms with E-state index in [9.17, 15) is 106 Å². The van der Waals surface area contributed by atoms with Gasteiger partial charge in [-0.15, -0.1) is 39.3 Å². The molecule has 2 aromatic heterocycles. The monoisotopic (exact) mass is 2310 g/mol. The molecule has 13 aromatic rings. The summed E-state index contributed by atoms with van der Waals surface area (Å²) >= 11 is 10.0. The number of aliphatic hydroxyl groups excluding tert-OH is 2. The maximum atomic E-state index is 12.7. The number of benzene rings is 11. The number of phenolic OH excluding ortho intramolecular Hbond substituents is 2. The van der Waals surface area contributed by atoms with Gasteiger partial charge in [0.25, 0.3) is 0 Å². The van der Waals surface area contributed by atoms with Gasteiger partial charge >= 0.3 is 101 Å². The topological polar surface area (TPSA) is 375 Å². The van der Waals surface area contributed by atoms with E-state index >= 15 is 0 Å². The number of rotatable bonds is 22. The Kier molecular flexibility index (Phi) is 59.9. The number of nitrogens with one attached hydrogen (secondary N) is 2. The summed E-state index contributed by atoms with van der Waals surface area (Å²) in [7, 11) is 0. The number of H-pyrrole nitrogens is 1. The molecule has 0 fully saturated rings. The SMILES string of the molecule is CC.Cl.FC(F)(F)c1ccc(Br)cc1.FC(F)Oc1ccc(Cc2ccc(C(F)(F)F)cc2)c(-c2nn[nH]n2)c1.N#Cc1cc(O)ccc1Cc1ccc(C(F)(F)F)cc1.N#Cc1cc(O)ccc1N.N#Cc1cc(OC(F)F)ccc1Cc1ccc(C(F)(F)F)cc1.O=[C-]C(F)(F)Cl.OCCBr.OCCn1nnc(-c2cc(OC(F)F)ccc2Cc2ccc(C(F)(F)F)cc2)n1.[NH-]CCc1[c-]cccc1.[Na+].[OH-].[Pd+2]. The maximum Gasteiger partial charge on any atom is 2.00 e. The fourth-order valence-electron chi connectivity index (χ4n) is 10.9. The fraction of sp³-hybridized carbons (Fsp3) is 0.226. The first-order valence-electron chi connectivity index (χ1n) is 39.6. The molecule has 0 saturated heterocycles. The maximum absolute atomic E-state index is 12.7. The zero-order valence-electron chi connectivity index (χ0n) is 74.3. The molecule has 2 heterocycles. The van der Waals surface area contributed by atoms with Gasteiger partial charge in [0.1, 0.15) is 34.8 Å². The molecule has 0 aliphatic carbocycles. The van der Waals surface area contributed by atoms with Crippen molar-refractivity contribution in [2.45, 2.75) is 109 Å². The van der Waals surface area contributed by atoms with E-state index in [0.717, 1.165) is 77.4 Å². The number of nitrogens with zero attached hydrogens (tertiary/aromatic N) is 10. The van der Waals surface area contributed by atoms with Crippen LogP contribution in [0.1, 0.15) is 108 Å². The molecule has 0 bridgehead atoms. The third-order valence-corrected chi connectivity index (χ3v) is 18.2. The van der Waals surface area contributed by atoms with Crippen molar-refractivity contribution in [2.75, 3.05) is 30.8 Å². The van der Waals surface area contributed by atoms with Crippen molar-refractivity contribution < 1.29 is 196 Å². The Bertz CT molecular complexity index is 6040. The van der Waals surface area contributed by atoms with Crippen molar-refractivity contribution >= 4 is 67.8 Å². The number of tetrazole rings is 2. The summed E-state index contributed by atoms with van der Waals surface area (Å²) in [6, 6.07) is 60.8. The number of aromatic nitrogens is 8. The van der Waals surface area contributed by atoms with Gasteiger partial charge in [0.15, 0.2) is 0 Å². The van der Waals surface area contributed by atoms with E-state index in [1.807, 2.05) is 56.3 Å². The van der Waals surface area contributed by atoms with Gasteiger partial charge in [-0.05, 0) is 220 Å². The number of hydrogen-bond acceptors (Lipinski definition) is 19. The van der Waals surface area contributed by atoms with Crippen molar-refractivity contribution in [2.24, 2.45) is 0 Å². The summed E-state index contributed by atoms with van der Waals surface area (Å²) in [5, 5.41) is 83.3. The molecular weight excluding hydrogens is 2240 g/mol. The summed E-state index contributed by atoms with van der Waals surface area (Å²) in [6.45, 7) is -4.45. The van der Waals surface area contributed by atoms with Crippen molar-refractivity contribution in [1.82, 2.24) is 40.8 Å². The Hall–Kier alpha value is -12.1. The van der Waals surface area contributed by atoms with Gasteiger partial charge in [-0.3, -0.25) is 0 Å². The van der Waals surface area contributed by atoms with Gasteiger partial charge in [0.2, 0.25) is 17.0 Å². The van der Waals surface area contributed by atoms with Gasteiger partial charge in [-0.2, -0.15) is 160 Å². The third-order valence-electron chi connectivity index (χ3n) is 17.2. The minimum Gasteiger partial charge on any atom is -0.870 e. The van der Waals surface area contributed by atoms with Crippen molar-refractivity contribution in [3.8, 4) is 69.7 Å². The molecule has 0 aliphatic rings. The van der Waals surface area contributed by atoms with Crippen LogP contribution in [0.3, 0.4) is 0 Å². The number of ether oxygens (including phenoxy) is 3. The molecule has 144 heavy (non-hydrogen) atoms. The van der Waals surface area contributed by atoms with Gasteiger partial charge in [-0.25, -0.2) is 8.78 Å². The average molecular weight is 2320 g/mol. The molecule has 11 aromatic carbocycles. The summed E-state index contributed by atoms with van der Waals surface area (Å²) in [5.41, 5.74) is 16.4. The van der Waals surface area contributed by atoms with Crippen molar-refractivity contribution in [1.29, 1.82) is 15.8 Å². The third kappa shape index (κ3) is 49.5. The number of carbonyl (C=O) groups excluding carboxylic acids is 1. The van der Waals surface area contributed by atoms with Crippen LogP contribution < -0.4 is 49.5 Å². The molecule has 0 aliphatic heterocycles. The quantitative estimate of drug-likeness (QED) is 0.00916. The standard InChI is InChI=1S/C18H15F5N4O2.C16H11F5N4O.C16H10F5NO.C15H10F3NO.C8H9N.C7H4BrF3.C7H6N2O.C2H5BrO.C2ClF2O.C2H6.ClH.Na.H2O.Pd/c19-17(20)29-14-6-3-12(9-11-1-4-13(5-2-11)18(21,22)23)15(10-14)16-24-26-27(25-16)7-8-28;17-15(18)26-12-6-3-10(13(8-12)14-22-24-25-23-14)7-9-1-4-11(5-2-9)16(19,20)21;17-15(18)23-14-6-3-11(12(8-14)9-22)7-10-1-4-13(5-2-10)16(19,20)21;16-15(17,18)13-4-1-10(2-5-13)7-11-3-6-14(20)8-12(11)9-19;9-7-6-8-4-2-1-3-5-8;8-6-3-1-5(2-4-6)7(9,10)11;8-4-5-3-6(10)1-2-7(5)9;3-1-2-4;3-2(4,5)1-6;1-2;;;;/h1-6,10,17,28H,7-9H2;1-6,8,15H,7H2,(H,22,23,24,25);1-6,8,15H,7H2;1-6,8,20H,7H2;1-4,9H,6-7H2;1-4H;1-3,10H,9H2;4H,1-2H2;;1-2H3;1H;;1H2;/q;;;;-2;;;;-1;;;+1;;+2/p-1. The molecule has 0 atom stereocenters. The van der Waals surface area contributed by atoms with Crippen LogP contribution in [-0.2, 0) is 94.7 Å². The molecule has 0 spiro atoms. The van der Waals surface area contributed by atoms with Crippen LogP contribution in [0.25, 0.3) is 28.5 Å². The second-order valence-electron chi connectivity index (χ2n) is 27.1. The van der Waals surface area contributed by atoms with Crippen LogP contribution in [0.2, 0.25) is 0 Å². The van der Waals surface area contributed by atoms with Crippen LogP contribution >= 0.6 is 55.9 Å². The molecule has 0 radical (unpaired) electrons. The molecule has 13 rings (SSSR count). The second kappa shape index (κ2) is 65.3. The smallest absolute Gasteiger partial charge is 0.870 e. The fourth-order valence-corrected chi connectivity index (χ4v) is 11.2. The van der Waals surface area contributed by atoms with E-state index in [2.05, 4.69) is 99.8 Å².